The van der Waals surface area contributed by atoms with E-state index in [2.05, 4.69) is 72.7 Å². The van der Waals surface area contributed by atoms with Gasteiger partial charge in [0.2, 0.25) is 0 Å². The molecule has 1 heterocycles. The molecule has 1 aromatic heterocycles. The Kier molecular flexibility index (Phi) is 3.28. The summed E-state index contributed by atoms with van der Waals surface area (Å²) >= 11 is 0. The van der Waals surface area contributed by atoms with Crippen LogP contribution in [0.3, 0.4) is 0 Å². The third kappa shape index (κ3) is 2.20. The number of rotatable bonds is 0. The number of fused-ring (bicyclic) bond motifs is 2. The SMILES string of the molecule is Cc1ccc2c(C(C)(C)C)c3c(C)c(C)c(C)cc3nc2c1. The van der Waals surface area contributed by atoms with Crippen LogP contribution in [-0.2, 0) is 5.41 Å². The van der Waals surface area contributed by atoms with E-state index in [0.29, 0.717) is 0 Å². The second-order valence-corrected chi connectivity index (χ2v) is 7.59. The monoisotopic (exact) mass is 291 g/mol. The molecule has 1 heteroatoms. The Hall–Kier alpha value is -1.89. The van der Waals surface area contributed by atoms with Crippen LogP contribution < -0.4 is 0 Å². The van der Waals surface area contributed by atoms with Gasteiger partial charge in [-0.05, 0) is 73.1 Å². The molecule has 0 N–H and O–H groups in total. The summed E-state index contributed by atoms with van der Waals surface area (Å²) in [7, 11) is 0. The second-order valence-electron chi connectivity index (χ2n) is 7.59. The van der Waals surface area contributed by atoms with Crippen LogP contribution in [-0.4, -0.2) is 4.98 Å². The van der Waals surface area contributed by atoms with E-state index < -0.39 is 0 Å². The summed E-state index contributed by atoms with van der Waals surface area (Å²) in [5.74, 6) is 0. The van der Waals surface area contributed by atoms with Crippen LogP contribution >= 0.6 is 0 Å². The van der Waals surface area contributed by atoms with Crippen LogP contribution in [0.4, 0.5) is 0 Å². The van der Waals surface area contributed by atoms with Crippen LogP contribution in [0, 0.1) is 27.7 Å². The summed E-state index contributed by atoms with van der Waals surface area (Å²) in [4.78, 5) is 4.98. The molecule has 0 aliphatic carbocycles. The first-order valence-corrected chi connectivity index (χ1v) is 8.01. The summed E-state index contributed by atoms with van der Waals surface area (Å²) < 4.78 is 0. The molecule has 0 spiro atoms. The van der Waals surface area contributed by atoms with Crippen LogP contribution in [0.2, 0.25) is 0 Å². The van der Waals surface area contributed by atoms with Gasteiger partial charge < -0.3 is 0 Å². The van der Waals surface area contributed by atoms with Crippen molar-refractivity contribution in [2.24, 2.45) is 0 Å². The predicted molar refractivity (Wildman–Crippen MR) is 96.9 cm³/mol. The molecule has 3 rings (SSSR count). The Morgan fingerprint density at radius 3 is 2.14 bits per heavy atom. The normalized spacial score (nSPS) is 12.3. The molecule has 22 heavy (non-hydrogen) atoms. The summed E-state index contributed by atoms with van der Waals surface area (Å²) in [6.07, 6.45) is 0. The lowest BCUT2D eigenvalue weighted by atomic mass is 9.80. The Balaban J connectivity index is 2.64. The predicted octanol–water partition coefficient (Wildman–Crippen LogP) is 5.92. The maximum Gasteiger partial charge on any atom is 0.0718 e. The summed E-state index contributed by atoms with van der Waals surface area (Å²) in [6.45, 7) is 15.7. The van der Waals surface area contributed by atoms with Gasteiger partial charge in [-0.2, -0.15) is 0 Å². The van der Waals surface area contributed by atoms with Crippen molar-refractivity contribution in [2.45, 2.75) is 53.9 Å². The molecule has 2 aromatic carbocycles. The minimum atomic E-state index is 0.0845. The van der Waals surface area contributed by atoms with Crippen molar-refractivity contribution in [3.05, 3.63) is 52.1 Å². The second kappa shape index (κ2) is 4.81. The number of aryl methyl sites for hydroxylation is 3. The van der Waals surface area contributed by atoms with Crippen molar-refractivity contribution in [2.75, 3.05) is 0 Å². The Labute approximate surface area is 133 Å². The standard InChI is InChI=1S/C21H25N/c1-12-8-9-16-17(10-12)22-18-11-13(2)14(3)15(4)19(18)20(16)21(5,6)7/h8-11H,1-7H3. The van der Waals surface area contributed by atoms with Gasteiger partial charge in [-0.3, -0.25) is 0 Å². The highest BCUT2D eigenvalue weighted by atomic mass is 14.7. The number of hydrogen-bond donors (Lipinski definition) is 0. The zero-order chi connectivity index (χ0) is 16.2. The average Bonchev–Trinajstić information content (AvgIpc) is 2.41. The largest absolute Gasteiger partial charge is 0.248 e. The number of pyridine rings is 1. The molecule has 0 aliphatic rings. The first-order valence-electron chi connectivity index (χ1n) is 8.01. The average molecular weight is 291 g/mol. The van der Waals surface area contributed by atoms with E-state index in [1.807, 2.05) is 0 Å². The van der Waals surface area contributed by atoms with Crippen molar-refractivity contribution in [1.29, 1.82) is 0 Å². The van der Waals surface area contributed by atoms with Gasteiger partial charge in [0.25, 0.3) is 0 Å². The molecule has 3 aromatic rings. The third-order valence-electron chi connectivity index (χ3n) is 4.80. The van der Waals surface area contributed by atoms with Crippen molar-refractivity contribution >= 4 is 21.8 Å². The first-order chi connectivity index (χ1) is 10.2. The molecule has 0 saturated carbocycles. The van der Waals surface area contributed by atoms with E-state index in [1.165, 1.54) is 38.6 Å². The van der Waals surface area contributed by atoms with E-state index in [-0.39, 0.29) is 5.41 Å². The lowest BCUT2D eigenvalue weighted by molar-refractivity contribution is 0.600. The van der Waals surface area contributed by atoms with Gasteiger partial charge in [-0.1, -0.05) is 32.9 Å². The van der Waals surface area contributed by atoms with Crippen LogP contribution in [0.1, 0.15) is 48.6 Å². The Morgan fingerprint density at radius 1 is 0.818 bits per heavy atom. The summed E-state index contributed by atoms with van der Waals surface area (Å²) in [5, 5.41) is 2.63. The van der Waals surface area contributed by atoms with Crippen LogP contribution in [0.15, 0.2) is 24.3 Å². The van der Waals surface area contributed by atoms with Gasteiger partial charge in [0.05, 0.1) is 11.0 Å². The van der Waals surface area contributed by atoms with Crippen molar-refractivity contribution in [3.63, 3.8) is 0 Å². The van der Waals surface area contributed by atoms with E-state index in [1.54, 1.807) is 0 Å². The maximum absolute atomic E-state index is 4.98. The first kappa shape index (κ1) is 15.0. The van der Waals surface area contributed by atoms with Crippen molar-refractivity contribution in [1.82, 2.24) is 4.98 Å². The molecule has 114 valence electrons. The number of hydrogen-bond acceptors (Lipinski definition) is 1. The minimum Gasteiger partial charge on any atom is -0.248 e. The third-order valence-corrected chi connectivity index (χ3v) is 4.80. The van der Waals surface area contributed by atoms with Crippen molar-refractivity contribution in [3.8, 4) is 0 Å². The van der Waals surface area contributed by atoms with E-state index in [9.17, 15) is 0 Å². The molecule has 0 saturated heterocycles. The molecule has 0 atom stereocenters. The Bertz CT molecular complexity index is 896. The zero-order valence-electron chi connectivity index (χ0n) is 14.8. The quantitative estimate of drug-likeness (QED) is 0.468. The lowest BCUT2D eigenvalue weighted by Gasteiger charge is -2.25. The summed E-state index contributed by atoms with van der Waals surface area (Å²) in [6, 6.07) is 8.89. The van der Waals surface area contributed by atoms with Crippen molar-refractivity contribution < 1.29 is 0 Å². The fraction of sp³-hybridized carbons (Fsp3) is 0.381. The molecule has 0 unspecified atom stereocenters. The van der Waals surface area contributed by atoms with Gasteiger partial charge in [0, 0.05) is 10.8 Å². The zero-order valence-corrected chi connectivity index (χ0v) is 14.8. The fourth-order valence-corrected chi connectivity index (χ4v) is 3.45. The fourth-order valence-electron chi connectivity index (χ4n) is 3.45. The highest BCUT2D eigenvalue weighted by Crippen LogP contribution is 2.38. The van der Waals surface area contributed by atoms with Crippen LogP contribution in [0.25, 0.3) is 21.8 Å². The lowest BCUT2D eigenvalue weighted by Crippen LogP contribution is -2.14. The highest BCUT2D eigenvalue weighted by molar-refractivity contribution is 6.01. The summed E-state index contributed by atoms with van der Waals surface area (Å²) in [5.41, 5.74) is 9.09. The minimum absolute atomic E-state index is 0.0845. The molecule has 0 amide bonds. The number of aromatic nitrogens is 1. The molecule has 0 aliphatic heterocycles. The molecule has 0 fully saturated rings. The molecule has 0 radical (unpaired) electrons. The van der Waals surface area contributed by atoms with Gasteiger partial charge in [0.1, 0.15) is 0 Å². The van der Waals surface area contributed by atoms with Crippen LogP contribution in [0.5, 0.6) is 0 Å². The van der Waals surface area contributed by atoms with Gasteiger partial charge in [0.15, 0.2) is 0 Å². The molecule has 1 nitrogen and oxygen atoms in total. The topological polar surface area (TPSA) is 12.9 Å². The number of benzene rings is 2. The number of nitrogens with zero attached hydrogens (tertiary/aromatic N) is 1. The highest BCUT2D eigenvalue weighted by Gasteiger charge is 2.23. The molecular formula is C21H25N. The van der Waals surface area contributed by atoms with Gasteiger partial charge >= 0.3 is 0 Å². The molecular weight excluding hydrogens is 266 g/mol. The van der Waals surface area contributed by atoms with Gasteiger partial charge in [-0.25, -0.2) is 4.98 Å². The maximum atomic E-state index is 4.98. The van der Waals surface area contributed by atoms with E-state index in [4.69, 9.17) is 4.98 Å². The molecule has 0 bridgehead atoms. The Morgan fingerprint density at radius 2 is 1.50 bits per heavy atom. The van der Waals surface area contributed by atoms with E-state index in [0.717, 1.165) is 11.0 Å². The van der Waals surface area contributed by atoms with E-state index >= 15 is 0 Å². The van der Waals surface area contributed by atoms with Gasteiger partial charge in [-0.15, -0.1) is 0 Å². The smallest absolute Gasteiger partial charge is 0.0718 e.